The Bertz CT molecular complexity index is 478. The van der Waals surface area contributed by atoms with E-state index in [0.29, 0.717) is 17.3 Å². The van der Waals surface area contributed by atoms with Crippen LogP contribution < -0.4 is 10.5 Å². The van der Waals surface area contributed by atoms with Crippen molar-refractivity contribution < 1.29 is 9.84 Å². The monoisotopic (exact) mass is 308 g/mol. The maximum atomic E-state index is 10.0. The van der Waals surface area contributed by atoms with Gasteiger partial charge in [0.05, 0.1) is 0 Å². The zero-order valence-corrected chi connectivity index (χ0v) is 13.5. The van der Waals surface area contributed by atoms with Crippen molar-refractivity contribution in [2.45, 2.75) is 19.4 Å². The van der Waals surface area contributed by atoms with Crippen LogP contribution in [-0.2, 0) is 0 Å². The van der Waals surface area contributed by atoms with Crippen LogP contribution in [-0.4, -0.2) is 47.8 Å². The van der Waals surface area contributed by atoms with Crippen LogP contribution in [0.15, 0.2) is 24.3 Å². The predicted molar refractivity (Wildman–Crippen MR) is 88.6 cm³/mol. The van der Waals surface area contributed by atoms with Gasteiger partial charge in [-0.25, -0.2) is 0 Å². The van der Waals surface area contributed by atoms with Crippen LogP contribution in [0.1, 0.15) is 18.9 Å². The molecule has 0 spiro atoms. The molecule has 0 saturated heterocycles. The molecule has 3 atom stereocenters. The SMILES string of the molecule is CC1CC1CN(C)CC(O)COc1ccc(C(N)=S)cc1. The number of nitrogens with zero attached hydrogens (tertiary/aromatic N) is 1. The average molecular weight is 308 g/mol. The van der Waals surface area contributed by atoms with Crippen molar-refractivity contribution in [3.05, 3.63) is 29.8 Å². The second-order valence-corrected chi connectivity index (χ2v) is 6.49. The van der Waals surface area contributed by atoms with E-state index in [0.717, 1.165) is 23.9 Å². The standard InChI is InChI=1S/C16H24N2O2S/c1-11-7-13(11)8-18(2)9-14(19)10-20-15-5-3-12(4-6-15)16(17)21/h3-6,11,13-14,19H,7-10H2,1-2H3,(H2,17,21). The van der Waals surface area contributed by atoms with Gasteiger partial charge in [0.1, 0.15) is 23.4 Å². The fourth-order valence-electron chi connectivity index (χ4n) is 2.45. The minimum Gasteiger partial charge on any atom is -0.491 e. The second kappa shape index (κ2) is 7.20. The first-order chi connectivity index (χ1) is 9.95. The predicted octanol–water partition coefficient (Wildman–Crippen LogP) is 1.65. The number of rotatable bonds is 8. The van der Waals surface area contributed by atoms with E-state index in [9.17, 15) is 5.11 Å². The maximum absolute atomic E-state index is 10.0. The number of hydrogen-bond donors (Lipinski definition) is 2. The molecule has 2 rings (SSSR count). The molecule has 1 aliphatic rings. The van der Waals surface area contributed by atoms with Crippen molar-refractivity contribution in [3.8, 4) is 5.75 Å². The molecule has 21 heavy (non-hydrogen) atoms. The highest BCUT2D eigenvalue weighted by molar-refractivity contribution is 7.80. The van der Waals surface area contributed by atoms with Crippen LogP contribution in [0.2, 0.25) is 0 Å². The summed E-state index contributed by atoms with van der Waals surface area (Å²) in [6.45, 7) is 4.25. The Balaban J connectivity index is 1.70. The second-order valence-electron chi connectivity index (χ2n) is 6.05. The third-order valence-electron chi connectivity index (χ3n) is 3.93. The van der Waals surface area contributed by atoms with Crippen LogP contribution >= 0.6 is 12.2 Å². The summed E-state index contributed by atoms with van der Waals surface area (Å²) in [5.41, 5.74) is 6.36. The van der Waals surface area contributed by atoms with Crippen LogP contribution in [0, 0.1) is 11.8 Å². The van der Waals surface area contributed by atoms with E-state index in [1.54, 1.807) is 0 Å². The normalized spacial score (nSPS) is 22.1. The van der Waals surface area contributed by atoms with Gasteiger partial charge in [-0.2, -0.15) is 0 Å². The Morgan fingerprint density at radius 1 is 1.48 bits per heavy atom. The molecule has 0 heterocycles. The summed E-state index contributed by atoms with van der Waals surface area (Å²) in [5.74, 6) is 2.36. The first-order valence-corrected chi connectivity index (χ1v) is 7.76. The maximum Gasteiger partial charge on any atom is 0.119 e. The van der Waals surface area contributed by atoms with Crippen molar-refractivity contribution in [1.82, 2.24) is 4.90 Å². The average Bonchev–Trinajstić information content (AvgIpc) is 3.11. The Morgan fingerprint density at radius 2 is 2.10 bits per heavy atom. The van der Waals surface area contributed by atoms with E-state index in [1.807, 2.05) is 31.3 Å². The highest BCUT2D eigenvalue weighted by atomic mass is 32.1. The molecule has 0 aromatic heterocycles. The number of ether oxygens (including phenoxy) is 1. The van der Waals surface area contributed by atoms with Crippen molar-refractivity contribution in [1.29, 1.82) is 0 Å². The van der Waals surface area contributed by atoms with Crippen LogP contribution in [0.4, 0.5) is 0 Å². The Hall–Kier alpha value is -1.17. The Morgan fingerprint density at radius 3 is 2.62 bits per heavy atom. The molecule has 0 radical (unpaired) electrons. The fraction of sp³-hybridized carbons (Fsp3) is 0.562. The van der Waals surface area contributed by atoms with Gasteiger partial charge in [-0.05, 0) is 49.6 Å². The number of hydrogen-bond acceptors (Lipinski definition) is 4. The van der Waals surface area contributed by atoms with Crippen LogP contribution in [0.3, 0.4) is 0 Å². The molecule has 116 valence electrons. The first kappa shape index (κ1) is 16.2. The molecule has 1 aromatic carbocycles. The quantitative estimate of drug-likeness (QED) is 0.715. The molecule has 1 aromatic rings. The number of thiocarbonyl (C=S) groups is 1. The number of nitrogens with two attached hydrogens (primary N) is 1. The molecular formula is C16H24N2O2S. The van der Waals surface area contributed by atoms with Gasteiger partial charge in [0.25, 0.3) is 0 Å². The van der Waals surface area contributed by atoms with E-state index in [2.05, 4.69) is 11.8 Å². The van der Waals surface area contributed by atoms with Gasteiger partial charge in [0.15, 0.2) is 0 Å². The van der Waals surface area contributed by atoms with Gasteiger partial charge in [-0.1, -0.05) is 19.1 Å². The van der Waals surface area contributed by atoms with Gasteiger partial charge in [0.2, 0.25) is 0 Å². The lowest BCUT2D eigenvalue weighted by atomic mass is 10.2. The largest absolute Gasteiger partial charge is 0.491 e. The van der Waals surface area contributed by atoms with Crippen molar-refractivity contribution in [2.75, 3.05) is 26.7 Å². The zero-order chi connectivity index (χ0) is 15.4. The summed E-state index contributed by atoms with van der Waals surface area (Å²) in [5, 5.41) is 10.0. The highest BCUT2D eigenvalue weighted by Gasteiger charge is 2.33. The molecule has 0 amide bonds. The summed E-state index contributed by atoms with van der Waals surface area (Å²) in [6.07, 6.45) is 0.825. The number of benzene rings is 1. The zero-order valence-electron chi connectivity index (χ0n) is 12.7. The van der Waals surface area contributed by atoms with Crippen molar-refractivity contribution in [3.63, 3.8) is 0 Å². The highest BCUT2D eigenvalue weighted by Crippen LogP contribution is 2.37. The number of likely N-dealkylation sites (N-methyl/N-ethyl adjacent to an activating group) is 1. The summed E-state index contributed by atoms with van der Waals surface area (Å²) < 4.78 is 5.58. The Kier molecular flexibility index (Phi) is 5.56. The van der Waals surface area contributed by atoms with Crippen LogP contribution in [0.5, 0.6) is 5.75 Å². The first-order valence-electron chi connectivity index (χ1n) is 7.35. The van der Waals surface area contributed by atoms with Gasteiger partial charge < -0.3 is 20.5 Å². The van der Waals surface area contributed by atoms with Gasteiger partial charge in [-0.3, -0.25) is 0 Å². The summed E-state index contributed by atoms with van der Waals surface area (Å²) in [7, 11) is 2.05. The molecule has 4 nitrogen and oxygen atoms in total. The molecular weight excluding hydrogens is 284 g/mol. The third kappa shape index (κ3) is 5.26. The summed E-state index contributed by atoms with van der Waals surface area (Å²) in [6, 6.07) is 7.28. The smallest absolute Gasteiger partial charge is 0.119 e. The minimum atomic E-state index is -0.487. The van der Waals surface area contributed by atoms with E-state index in [4.69, 9.17) is 22.7 Å². The third-order valence-corrected chi connectivity index (χ3v) is 4.16. The van der Waals surface area contributed by atoms with E-state index >= 15 is 0 Å². The molecule has 1 aliphatic carbocycles. The molecule has 1 fully saturated rings. The number of aliphatic hydroxyl groups excluding tert-OH is 1. The van der Waals surface area contributed by atoms with E-state index in [-0.39, 0.29) is 6.61 Å². The fourth-order valence-corrected chi connectivity index (χ4v) is 2.58. The molecule has 1 saturated carbocycles. The van der Waals surface area contributed by atoms with Gasteiger partial charge in [0, 0.05) is 18.7 Å². The molecule has 0 bridgehead atoms. The molecule has 3 N–H and O–H groups in total. The lowest BCUT2D eigenvalue weighted by Gasteiger charge is -2.20. The lowest BCUT2D eigenvalue weighted by molar-refractivity contribution is 0.0747. The molecule has 0 aliphatic heterocycles. The minimum absolute atomic E-state index is 0.289. The van der Waals surface area contributed by atoms with Gasteiger partial charge >= 0.3 is 0 Å². The lowest BCUT2D eigenvalue weighted by Crippen LogP contribution is -2.34. The van der Waals surface area contributed by atoms with E-state index < -0.39 is 6.10 Å². The van der Waals surface area contributed by atoms with Crippen molar-refractivity contribution >= 4 is 17.2 Å². The van der Waals surface area contributed by atoms with E-state index in [1.165, 1.54) is 6.42 Å². The Labute approximate surface area is 131 Å². The summed E-state index contributed by atoms with van der Waals surface area (Å²) >= 11 is 4.90. The molecule has 5 heteroatoms. The summed E-state index contributed by atoms with van der Waals surface area (Å²) in [4.78, 5) is 2.55. The molecule has 3 unspecified atom stereocenters. The van der Waals surface area contributed by atoms with Crippen LogP contribution in [0.25, 0.3) is 0 Å². The number of aliphatic hydroxyl groups is 1. The topological polar surface area (TPSA) is 58.7 Å². The van der Waals surface area contributed by atoms with Gasteiger partial charge in [-0.15, -0.1) is 0 Å². The van der Waals surface area contributed by atoms with Crippen molar-refractivity contribution in [2.24, 2.45) is 17.6 Å².